The topological polar surface area (TPSA) is 23.6 Å². The molecule has 0 bridgehead atoms. The smallest absolute Gasteiger partial charge is 0.226 e. The molecule has 1 aromatic heterocycles. The fourth-order valence-electron chi connectivity index (χ4n) is 4.08. The minimum atomic E-state index is 0.230. The molecule has 1 amide bonds. The van der Waals surface area contributed by atoms with E-state index in [9.17, 15) is 4.79 Å². The highest BCUT2D eigenvalue weighted by Gasteiger charge is 2.34. The molecule has 0 saturated carbocycles. The lowest BCUT2D eigenvalue weighted by Gasteiger charge is -2.44. The van der Waals surface area contributed by atoms with Crippen LogP contribution >= 0.6 is 11.3 Å². The molecule has 1 saturated heterocycles. The van der Waals surface area contributed by atoms with Crippen molar-refractivity contribution in [1.82, 2.24) is 4.90 Å². The first-order valence-corrected chi connectivity index (χ1v) is 10.6. The normalized spacial score (nSPS) is 22.1. The number of likely N-dealkylation sites (tertiary alicyclic amines) is 1. The van der Waals surface area contributed by atoms with Crippen LogP contribution in [0.15, 0.2) is 47.8 Å². The molecule has 3 nitrogen and oxygen atoms in total. The Kier molecular flexibility index (Phi) is 6.49. The summed E-state index contributed by atoms with van der Waals surface area (Å²) in [7, 11) is 0. The van der Waals surface area contributed by atoms with E-state index in [2.05, 4.69) is 53.3 Å². The summed E-state index contributed by atoms with van der Waals surface area (Å²) in [6.45, 7) is 8.70. The number of rotatable bonds is 6. The van der Waals surface area contributed by atoms with Crippen molar-refractivity contribution >= 4 is 22.9 Å². The summed E-state index contributed by atoms with van der Waals surface area (Å²) in [5.41, 5.74) is 1.04. The molecule has 0 aliphatic carbocycles. The number of hydrogen-bond donors (Lipinski definition) is 0. The van der Waals surface area contributed by atoms with Crippen molar-refractivity contribution in [3.05, 3.63) is 52.7 Å². The average molecular weight is 371 g/mol. The molecule has 1 aliphatic rings. The Balaban J connectivity index is 1.69. The minimum Gasteiger partial charge on any atom is -0.309 e. The summed E-state index contributed by atoms with van der Waals surface area (Å²) >= 11 is 1.85. The number of amides is 1. The second-order valence-electron chi connectivity index (χ2n) is 7.41. The van der Waals surface area contributed by atoms with Crippen molar-refractivity contribution in [2.45, 2.75) is 52.1 Å². The molecular weight excluding hydrogens is 340 g/mol. The third kappa shape index (κ3) is 4.36. The first kappa shape index (κ1) is 19.1. The van der Waals surface area contributed by atoms with Crippen LogP contribution in [0.2, 0.25) is 0 Å². The Hall–Kier alpha value is -1.65. The van der Waals surface area contributed by atoms with E-state index < -0.39 is 0 Å². The van der Waals surface area contributed by atoms with Gasteiger partial charge in [0.15, 0.2) is 0 Å². The number of piperidine rings is 1. The summed E-state index contributed by atoms with van der Waals surface area (Å²) in [5, 5.41) is 2.16. The van der Waals surface area contributed by atoms with E-state index in [1.807, 2.05) is 36.5 Å². The number of benzene rings is 1. The monoisotopic (exact) mass is 370 g/mol. The molecule has 3 atom stereocenters. The molecular formula is C22H30N2OS. The fraction of sp³-hybridized carbons (Fsp3) is 0.500. The summed E-state index contributed by atoms with van der Waals surface area (Å²) < 4.78 is 0. The molecule has 3 rings (SSSR count). The number of carbonyl (C=O) groups is 1. The molecule has 1 fully saturated rings. The third-order valence-electron chi connectivity index (χ3n) is 5.53. The standard InChI is InChI=1S/C22H30N2OS/c1-4-22(25)24(19-9-6-5-7-10-19)21-12-13-23(16-17(21)2)18(3)15-20-11-8-14-26-20/h5-11,14,17-18,21H,4,12-13,15-16H2,1-3H3. The van der Waals surface area contributed by atoms with Crippen LogP contribution in [0.25, 0.3) is 0 Å². The highest BCUT2D eigenvalue weighted by molar-refractivity contribution is 7.09. The van der Waals surface area contributed by atoms with Gasteiger partial charge in [0.05, 0.1) is 0 Å². The summed E-state index contributed by atoms with van der Waals surface area (Å²) in [6, 6.07) is 15.4. The highest BCUT2D eigenvalue weighted by Crippen LogP contribution is 2.29. The van der Waals surface area contributed by atoms with Gasteiger partial charge < -0.3 is 4.90 Å². The predicted molar refractivity (Wildman–Crippen MR) is 111 cm³/mol. The van der Waals surface area contributed by atoms with Crippen molar-refractivity contribution in [3.8, 4) is 0 Å². The lowest BCUT2D eigenvalue weighted by atomic mass is 9.90. The molecule has 0 radical (unpaired) electrons. The van der Waals surface area contributed by atoms with Crippen molar-refractivity contribution in [3.63, 3.8) is 0 Å². The number of hydrogen-bond acceptors (Lipinski definition) is 3. The second-order valence-corrected chi connectivity index (χ2v) is 8.45. The SMILES string of the molecule is CCC(=O)N(c1ccccc1)C1CCN(C(C)Cc2cccs2)CC1C. The highest BCUT2D eigenvalue weighted by atomic mass is 32.1. The minimum absolute atomic E-state index is 0.230. The van der Waals surface area contributed by atoms with Gasteiger partial charge in [-0.05, 0) is 49.3 Å². The van der Waals surface area contributed by atoms with Crippen LogP contribution < -0.4 is 4.90 Å². The van der Waals surface area contributed by atoms with Crippen LogP contribution in [-0.2, 0) is 11.2 Å². The molecule has 1 aliphatic heterocycles. The zero-order valence-electron chi connectivity index (χ0n) is 16.1. The van der Waals surface area contributed by atoms with Gasteiger partial charge in [0.2, 0.25) is 5.91 Å². The van der Waals surface area contributed by atoms with Crippen LogP contribution in [0, 0.1) is 5.92 Å². The molecule has 26 heavy (non-hydrogen) atoms. The number of carbonyl (C=O) groups excluding carboxylic acids is 1. The van der Waals surface area contributed by atoms with E-state index in [1.54, 1.807) is 0 Å². The first-order valence-electron chi connectivity index (χ1n) is 9.73. The maximum Gasteiger partial charge on any atom is 0.226 e. The van der Waals surface area contributed by atoms with E-state index in [1.165, 1.54) is 4.88 Å². The van der Waals surface area contributed by atoms with E-state index in [4.69, 9.17) is 0 Å². The summed E-state index contributed by atoms with van der Waals surface area (Å²) in [5.74, 6) is 0.693. The average Bonchev–Trinajstić information content (AvgIpc) is 3.17. The summed E-state index contributed by atoms with van der Waals surface area (Å²) in [6.07, 6.45) is 2.71. The Morgan fingerprint density at radius 1 is 1.27 bits per heavy atom. The van der Waals surface area contributed by atoms with Crippen molar-refractivity contribution in [2.24, 2.45) is 5.92 Å². The Labute approximate surface area is 161 Å². The molecule has 3 unspecified atom stereocenters. The Morgan fingerprint density at radius 3 is 2.65 bits per heavy atom. The molecule has 4 heteroatoms. The second kappa shape index (κ2) is 8.83. The maximum absolute atomic E-state index is 12.7. The largest absolute Gasteiger partial charge is 0.309 e. The van der Waals surface area contributed by atoms with Gasteiger partial charge in [-0.25, -0.2) is 0 Å². The molecule has 140 valence electrons. The number of anilines is 1. The van der Waals surface area contributed by atoms with Gasteiger partial charge in [-0.1, -0.05) is 38.1 Å². The van der Waals surface area contributed by atoms with Gasteiger partial charge in [0, 0.05) is 42.2 Å². The van der Waals surface area contributed by atoms with E-state index in [-0.39, 0.29) is 11.9 Å². The quantitative estimate of drug-likeness (QED) is 0.727. The number of thiophene rings is 1. The van der Waals surface area contributed by atoms with Crippen LogP contribution in [0.1, 0.15) is 38.5 Å². The van der Waals surface area contributed by atoms with Crippen molar-refractivity contribution < 1.29 is 4.79 Å². The van der Waals surface area contributed by atoms with E-state index >= 15 is 0 Å². The van der Waals surface area contributed by atoms with E-state index in [0.29, 0.717) is 18.4 Å². The molecule has 0 N–H and O–H groups in total. The molecule has 0 spiro atoms. The molecule has 2 heterocycles. The van der Waals surface area contributed by atoms with Crippen molar-refractivity contribution in [2.75, 3.05) is 18.0 Å². The van der Waals surface area contributed by atoms with Crippen LogP contribution in [0.5, 0.6) is 0 Å². The van der Waals surface area contributed by atoms with E-state index in [0.717, 1.165) is 31.6 Å². The predicted octanol–water partition coefficient (Wildman–Crippen LogP) is 4.83. The van der Waals surface area contributed by atoms with Crippen LogP contribution in [-0.4, -0.2) is 36.0 Å². The number of nitrogens with zero attached hydrogens (tertiary/aromatic N) is 2. The van der Waals surface area contributed by atoms with Gasteiger partial charge in [0.25, 0.3) is 0 Å². The number of para-hydroxylation sites is 1. The Bertz CT molecular complexity index is 685. The Morgan fingerprint density at radius 2 is 2.04 bits per heavy atom. The molecule has 1 aromatic carbocycles. The zero-order chi connectivity index (χ0) is 18.5. The van der Waals surface area contributed by atoms with Gasteiger partial charge in [-0.2, -0.15) is 0 Å². The van der Waals surface area contributed by atoms with Crippen LogP contribution in [0.4, 0.5) is 5.69 Å². The summed E-state index contributed by atoms with van der Waals surface area (Å²) in [4.78, 5) is 18.8. The lowest BCUT2D eigenvalue weighted by Crippen LogP contribution is -2.54. The first-order chi connectivity index (χ1) is 12.6. The lowest BCUT2D eigenvalue weighted by molar-refractivity contribution is -0.119. The molecule has 2 aromatic rings. The fourth-order valence-corrected chi connectivity index (χ4v) is 4.90. The van der Waals surface area contributed by atoms with Crippen LogP contribution in [0.3, 0.4) is 0 Å². The van der Waals surface area contributed by atoms with Crippen molar-refractivity contribution in [1.29, 1.82) is 0 Å². The zero-order valence-corrected chi connectivity index (χ0v) is 16.9. The third-order valence-corrected chi connectivity index (χ3v) is 6.43. The maximum atomic E-state index is 12.7. The van der Waals surface area contributed by atoms with Gasteiger partial charge in [-0.15, -0.1) is 11.3 Å². The van der Waals surface area contributed by atoms with Gasteiger partial charge >= 0.3 is 0 Å². The van der Waals surface area contributed by atoms with Gasteiger partial charge in [-0.3, -0.25) is 9.69 Å². The van der Waals surface area contributed by atoms with Gasteiger partial charge in [0.1, 0.15) is 0 Å².